The number of alkyl halides is 3. The summed E-state index contributed by atoms with van der Waals surface area (Å²) in [6, 6.07) is 17.7. The molecule has 5 rings (SSSR count). The molecule has 0 N–H and O–H groups in total. The fourth-order valence-electron chi connectivity index (χ4n) is 4.48. The molecule has 1 fully saturated rings. The van der Waals surface area contributed by atoms with Crippen LogP contribution < -0.4 is 4.90 Å². The van der Waals surface area contributed by atoms with E-state index in [1.807, 2.05) is 71.0 Å². The molecular formula is C26H24F3N5O. The molecule has 0 saturated carbocycles. The van der Waals surface area contributed by atoms with Crippen molar-refractivity contribution in [2.24, 2.45) is 0 Å². The zero-order valence-electron chi connectivity index (χ0n) is 19.1. The number of rotatable bonds is 3. The molecule has 0 aliphatic carbocycles. The van der Waals surface area contributed by atoms with Crippen LogP contribution in [0.25, 0.3) is 16.9 Å². The number of aromatic nitrogens is 3. The molecule has 35 heavy (non-hydrogen) atoms. The summed E-state index contributed by atoms with van der Waals surface area (Å²) in [4.78, 5) is 26.3. The van der Waals surface area contributed by atoms with Crippen LogP contribution in [0.4, 0.5) is 19.0 Å². The van der Waals surface area contributed by atoms with E-state index in [9.17, 15) is 18.0 Å². The van der Waals surface area contributed by atoms with Gasteiger partial charge in [0.25, 0.3) is 5.91 Å². The van der Waals surface area contributed by atoms with Gasteiger partial charge in [-0.1, -0.05) is 36.4 Å². The van der Waals surface area contributed by atoms with E-state index in [4.69, 9.17) is 0 Å². The minimum absolute atomic E-state index is 0.0737. The molecule has 0 radical (unpaired) electrons. The normalized spacial score (nSPS) is 17.0. The number of carbonyl (C=O) groups excluding carboxylic acids is 1. The fourth-order valence-corrected chi connectivity index (χ4v) is 4.48. The number of halogens is 3. The third-order valence-corrected chi connectivity index (χ3v) is 6.40. The van der Waals surface area contributed by atoms with Crippen LogP contribution >= 0.6 is 0 Å². The first-order valence-corrected chi connectivity index (χ1v) is 11.4. The third kappa shape index (κ3) is 4.45. The number of imidazole rings is 1. The molecule has 4 heterocycles. The number of hydrogen-bond acceptors (Lipinski definition) is 4. The molecule has 1 aliphatic heterocycles. The van der Waals surface area contributed by atoms with Gasteiger partial charge in [-0.3, -0.25) is 9.20 Å². The first-order valence-electron chi connectivity index (χ1n) is 11.4. The minimum atomic E-state index is -4.42. The summed E-state index contributed by atoms with van der Waals surface area (Å²) in [6.07, 6.45) is -1.02. The lowest BCUT2D eigenvalue weighted by atomic mass is 10.1. The summed E-state index contributed by atoms with van der Waals surface area (Å²) < 4.78 is 40.6. The van der Waals surface area contributed by atoms with Crippen molar-refractivity contribution in [3.63, 3.8) is 0 Å². The van der Waals surface area contributed by atoms with E-state index in [0.717, 1.165) is 23.5 Å². The number of fused-ring (bicyclic) bond motifs is 1. The van der Waals surface area contributed by atoms with Gasteiger partial charge in [0.2, 0.25) is 0 Å². The SMILES string of the molecule is C[C@@H]1CCN(c2ccc(C(F)(F)F)cn2)CCN1C(=O)c1nc2ccccn2c1-c1ccccc1. The summed E-state index contributed by atoms with van der Waals surface area (Å²) in [6.45, 7) is 3.44. The highest BCUT2D eigenvalue weighted by molar-refractivity contribution is 5.99. The van der Waals surface area contributed by atoms with Crippen LogP contribution in [0.15, 0.2) is 73.1 Å². The maximum atomic E-state index is 13.8. The maximum Gasteiger partial charge on any atom is 0.417 e. The Hall–Kier alpha value is -3.88. The second-order valence-corrected chi connectivity index (χ2v) is 8.63. The number of carbonyl (C=O) groups is 1. The first-order chi connectivity index (χ1) is 16.8. The van der Waals surface area contributed by atoms with E-state index in [-0.39, 0.29) is 11.9 Å². The van der Waals surface area contributed by atoms with Gasteiger partial charge in [-0.2, -0.15) is 13.2 Å². The number of anilines is 1. The van der Waals surface area contributed by atoms with Crippen LogP contribution in [0.5, 0.6) is 0 Å². The lowest BCUT2D eigenvalue weighted by Crippen LogP contribution is -2.40. The van der Waals surface area contributed by atoms with E-state index in [2.05, 4.69) is 9.97 Å². The predicted octanol–water partition coefficient (Wildman–Crippen LogP) is 5.16. The Morgan fingerprint density at radius 1 is 0.971 bits per heavy atom. The van der Waals surface area contributed by atoms with Gasteiger partial charge in [-0.05, 0) is 37.6 Å². The number of pyridine rings is 2. The van der Waals surface area contributed by atoms with Gasteiger partial charge >= 0.3 is 6.18 Å². The van der Waals surface area contributed by atoms with E-state index in [1.54, 1.807) is 4.90 Å². The van der Waals surface area contributed by atoms with Crippen molar-refractivity contribution in [1.82, 2.24) is 19.3 Å². The lowest BCUT2D eigenvalue weighted by Gasteiger charge is -2.26. The summed E-state index contributed by atoms with van der Waals surface area (Å²) in [5.74, 6) is 0.305. The van der Waals surface area contributed by atoms with Crippen LogP contribution in [-0.2, 0) is 6.18 Å². The molecule has 1 saturated heterocycles. The van der Waals surface area contributed by atoms with Crippen LogP contribution in [0, 0.1) is 0 Å². The molecule has 0 bridgehead atoms. The first kappa shape index (κ1) is 22.9. The number of benzene rings is 1. The molecule has 180 valence electrons. The van der Waals surface area contributed by atoms with Gasteiger partial charge in [0.05, 0.1) is 11.3 Å². The summed E-state index contributed by atoms with van der Waals surface area (Å²) in [5, 5.41) is 0. The Morgan fingerprint density at radius 2 is 1.74 bits per heavy atom. The van der Waals surface area contributed by atoms with Crippen molar-refractivity contribution < 1.29 is 18.0 Å². The largest absolute Gasteiger partial charge is 0.417 e. The van der Waals surface area contributed by atoms with Gasteiger partial charge in [0.1, 0.15) is 11.5 Å². The fraction of sp³-hybridized carbons (Fsp3) is 0.269. The van der Waals surface area contributed by atoms with Gasteiger partial charge in [0, 0.05) is 43.6 Å². The average molecular weight is 480 g/mol. The molecule has 3 aromatic heterocycles. The van der Waals surface area contributed by atoms with Crippen molar-refractivity contribution in [2.45, 2.75) is 25.6 Å². The molecule has 6 nitrogen and oxygen atoms in total. The Kier molecular flexibility index (Phi) is 5.92. The molecule has 1 aliphatic rings. The monoisotopic (exact) mass is 479 g/mol. The highest BCUT2D eigenvalue weighted by Crippen LogP contribution is 2.30. The van der Waals surface area contributed by atoms with E-state index in [1.165, 1.54) is 6.07 Å². The van der Waals surface area contributed by atoms with Gasteiger partial charge < -0.3 is 9.80 Å². The van der Waals surface area contributed by atoms with Crippen molar-refractivity contribution in [2.75, 3.05) is 24.5 Å². The zero-order chi connectivity index (χ0) is 24.6. The van der Waals surface area contributed by atoms with Gasteiger partial charge in [-0.15, -0.1) is 0 Å². The van der Waals surface area contributed by atoms with E-state index < -0.39 is 11.7 Å². The van der Waals surface area contributed by atoms with Crippen LogP contribution in [-0.4, -0.2) is 50.9 Å². The molecule has 1 aromatic carbocycles. The summed E-state index contributed by atoms with van der Waals surface area (Å²) in [7, 11) is 0. The smallest absolute Gasteiger partial charge is 0.355 e. The Labute approximate surface area is 200 Å². The molecule has 9 heteroatoms. The standard InChI is InChI=1S/C26H24F3N5O/c1-18-12-14-32(21-11-10-20(17-30-21)26(27,28)29)15-16-33(18)25(35)23-24(19-7-3-2-4-8-19)34-13-6-5-9-22(34)31-23/h2-11,13,17-18H,12,14-16H2,1H3/t18-/m1/s1. The predicted molar refractivity (Wildman–Crippen MR) is 127 cm³/mol. The lowest BCUT2D eigenvalue weighted by molar-refractivity contribution is -0.137. The zero-order valence-corrected chi connectivity index (χ0v) is 19.1. The summed E-state index contributed by atoms with van der Waals surface area (Å²) >= 11 is 0. The number of nitrogens with zero attached hydrogens (tertiary/aromatic N) is 5. The topological polar surface area (TPSA) is 53.7 Å². The van der Waals surface area contributed by atoms with Gasteiger partial charge in [-0.25, -0.2) is 9.97 Å². The highest BCUT2D eigenvalue weighted by Gasteiger charge is 2.32. The molecule has 1 atom stereocenters. The molecule has 0 spiro atoms. The Morgan fingerprint density at radius 3 is 2.46 bits per heavy atom. The number of hydrogen-bond donors (Lipinski definition) is 0. The van der Waals surface area contributed by atoms with Crippen LogP contribution in [0.1, 0.15) is 29.4 Å². The quantitative estimate of drug-likeness (QED) is 0.408. The molecule has 0 unspecified atom stereocenters. The van der Waals surface area contributed by atoms with Crippen LogP contribution in [0.3, 0.4) is 0 Å². The van der Waals surface area contributed by atoms with E-state index >= 15 is 0 Å². The van der Waals surface area contributed by atoms with Crippen molar-refractivity contribution in [3.05, 3.63) is 84.3 Å². The second kappa shape index (κ2) is 9.05. The van der Waals surface area contributed by atoms with Crippen LogP contribution in [0.2, 0.25) is 0 Å². The minimum Gasteiger partial charge on any atom is -0.355 e. The van der Waals surface area contributed by atoms with Gasteiger partial charge in [0.15, 0.2) is 5.69 Å². The Balaban J connectivity index is 1.43. The number of amides is 1. The van der Waals surface area contributed by atoms with Crippen molar-refractivity contribution in [1.29, 1.82) is 0 Å². The van der Waals surface area contributed by atoms with E-state index in [0.29, 0.717) is 43.2 Å². The maximum absolute atomic E-state index is 13.8. The Bertz CT molecular complexity index is 1330. The van der Waals surface area contributed by atoms with Crippen molar-refractivity contribution >= 4 is 17.4 Å². The highest BCUT2D eigenvalue weighted by atomic mass is 19.4. The molecular weight excluding hydrogens is 455 g/mol. The third-order valence-electron chi connectivity index (χ3n) is 6.40. The average Bonchev–Trinajstić information content (AvgIpc) is 3.14. The summed E-state index contributed by atoms with van der Waals surface area (Å²) in [5.41, 5.74) is 1.93. The molecule has 1 amide bonds. The molecule has 4 aromatic rings. The van der Waals surface area contributed by atoms with Crippen molar-refractivity contribution in [3.8, 4) is 11.3 Å². The second-order valence-electron chi connectivity index (χ2n) is 8.63.